The SMILES string of the molecule is COc1cc(N2CCC(=O)CC2)ccc1Nc1ncc(C(F)(F)F)c(NCc2cccc3c2CC(=O)N3)n1. The normalized spacial score (nSPS) is 15.2. The monoisotopic (exact) mass is 526 g/mol. The van der Waals surface area contributed by atoms with Crippen LogP contribution in [0.2, 0.25) is 0 Å². The van der Waals surface area contributed by atoms with E-state index >= 15 is 0 Å². The summed E-state index contributed by atoms with van der Waals surface area (Å²) in [7, 11) is 1.49. The quantitative estimate of drug-likeness (QED) is 0.412. The summed E-state index contributed by atoms with van der Waals surface area (Å²) in [6.45, 7) is 1.26. The molecular weight excluding hydrogens is 501 g/mol. The Morgan fingerprint density at radius 2 is 1.92 bits per heavy atom. The molecule has 12 heteroatoms. The lowest BCUT2D eigenvalue weighted by molar-refractivity contribution is -0.137. The van der Waals surface area contributed by atoms with Gasteiger partial charge in [0.25, 0.3) is 0 Å². The smallest absolute Gasteiger partial charge is 0.421 e. The van der Waals surface area contributed by atoms with E-state index in [-0.39, 0.29) is 30.6 Å². The first-order valence-corrected chi connectivity index (χ1v) is 12.0. The lowest BCUT2D eigenvalue weighted by atomic mass is 10.0. The molecule has 1 fully saturated rings. The van der Waals surface area contributed by atoms with Crippen LogP contribution >= 0.6 is 0 Å². The van der Waals surface area contributed by atoms with E-state index in [1.54, 1.807) is 30.3 Å². The zero-order valence-electron chi connectivity index (χ0n) is 20.5. The number of halogens is 3. The summed E-state index contributed by atoms with van der Waals surface area (Å²) in [6.07, 6.45) is -2.82. The first-order chi connectivity index (χ1) is 18.2. The molecule has 2 aliphatic heterocycles. The van der Waals surface area contributed by atoms with E-state index in [2.05, 4.69) is 30.8 Å². The number of piperidine rings is 1. The highest BCUT2D eigenvalue weighted by Crippen LogP contribution is 2.36. The number of amides is 1. The van der Waals surface area contributed by atoms with Crippen molar-refractivity contribution in [3.8, 4) is 5.75 Å². The molecule has 2 aromatic carbocycles. The minimum absolute atomic E-state index is 0.0357. The van der Waals surface area contributed by atoms with E-state index < -0.39 is 17.6 Å². The first kappa shape index (κ1) is 25.3. The van der Waals surface area contributed by atoms with E-state index in [0.29, 0.717) is 48.6 Å². The number of nitrogens with one attached hydrogen (secondary N) is 3. The summed E-state index contributed by atoms with van der Waals surface area (Å²) in [5.74, 6) is 0.0843. The maximum atomic E-state index is 13.7. The number of rotatable bonds is 7. The van der Waals surface area contributed by atoms with Crippen molar-refractivity contribution in [2.75, 3.05) is 41.0 Å². The highest BCUT2D eigenvalue weighted by atomic mass is 19.4. The molecule has 0 aliphatic carbocycles. The van der Waals surface area contributed by atoms with Crippen molar-refractivity contribution in [3.05, 3.63) is 59.3 Å². The van der Waals surface area contributed by atoms with E-state index in [1.165, 1.54) is 7.11 Å². The third kappa shape index (κ3) is 5.34. The third-order valence-corrected chi connectivity index (χ3v) is 6.54. The number of anilines is 5. The lowest BCUT2D eigenvalue weighted by Gasteiger charge is -2.28. The van der Waals surface area contributed by atoms with Crippen molar-refractivity contribution in [1.29, 1.82) is 0 Å². The molecule has 0 radical (unpaired) electrons. The van der Waals surface area contributed by atoms with Gasteiger partial charge in [0.2, 0.25) is 11.9 Å². The van der Waals surface area contributed by atoms with Gasteiger partial charge in [0.15, 0.2) is 0 Å². The van der Waals surface area contributed by atoms with Gasteiger partial charge in [0, 0.05) is 56.1 Å². The standard InChI is InChI=1S/C26H25F3N6O3/c1-38-22-11-16(35-9-7-17(36)8-10-35)5-6-21(22)33-25-31-14-19(26(27,28)29)24(34-25)30-13-15-3-2-4-20-18(15)12-23(37)32-20/h2-6,11,14H,7-10,12-13H2,1H3,(H,32,37)(H2,30,31,33,34). The Kier molecular flexibility index (Phi) is 6.79. The van der Waals surface area contributed by atoms with Gasteiger partial charge in [-0.15, -0.1) is 0 Å². The van der Waals surface area contributed by atoms with Crippen LogP contribution in [0.15, 0.2) is 42.6 Å². The molecule has 3 N–H and O–H groups in total. The number of carbonyl (C=O) groups is 2. The molecule has 0 unspecified atom stereocenters. The summed E-state index contributed by atoms with van der Waals surface area (Å²) >= 11 is 0. The molecule has 198 valence electrons. The number of alkyl halides is 3. The van der Waals surface area contributed by atoms with Gasteiger partial charge in [-0.25, -0.2) is 4.98 Å². The van der Waals surface area contributed by atoms with Crippen LogP contribution in [-0.4, -0.2) is 41.9 Å². The Bertz CT molecular complexity index is 1390. The Morgan fingerprint density at radius 1 is 1.13 bits per heavy atom. The molecule has 2 aliphatic rings. The summed E-state index contributed by atoms with van der Waals surface area (Å²) in [6, 6.07) is 10.6. The average Bonchev–Trinajstić information content (AvgIpc) is 3.28. The minimum Gasteiger partial charge on any atom is -0.494 e. The van der Waals surface area contributed by atoms with Gasteiger partial charge in [0.1, 0.15) is 22.9 Å². The number of ketones is 1. The van der Waals surface area contributed by atoms with E-state index in [1.807, 2.05) is 6.07 Å². The summed E-state index contributed by atoms with van der Waals surface area (Å²) in [5, 5.41) is 8.45. The van der Waals surface area contributed by atoms with Crippen LogP contribution < -0.4 is 25.6 Å². The Balaban J connectivity index is 1.38. The van der Waals surface area contributed by atoms with E-state index in [0.717, 1.165) is 17.4 Å². The van der Waals surface area contributed by atoms with Crippen molar-refractivity contribution in [2.24, 2.45) is 0 Å². The number of hydrogen-bond acceptors (Lipinski definition) is 8. The fourth-order valence-corrected chi connectivity index (χ4v) is 4.56. The molecule has 0 saturated carbocycles. The molecule has 9 nitrogen and oxygen atoms in total. The molecule has 3 aromatic rings. The number of fused-ring (bicyclic) bond motifs is 1. The number of Topliss-reactive ketones (excluding diaryl/α,β-unsaturated/α-hetero) is 1. The number of carbonyl (C=O) groups excluding carboxylic acids is 2. The lowest BCUT2D eigenvalue weighted by Crippen LogP contribution is -2.33. The predicted molar refractivity (Wildman–Crippen MR) is 136 cm³/mol. The Labute approximate surface area is 216 Å². The second-order valence-corrected chi connectivity index (χ2v) is 9.01. The second-order valence-electron chi connectivity index (χ2n) is 9.01. The molecule has 0 atom stereocenters. The van der Waals surface area contributed by atoms with Gasteiger partial charge in [-0.3, -0.25) is 9.59 Å². The topological polar surface area (TPSA) is 108 Å². The average molecular weight is 527 g/mol. The maximum absolute atomic E-state index is 13.7. The highest BCUT2D eigenvalue weighted by molar-refractivity contribution is 5.99. The Hall–Kier alpha value is -4.35. The fraction of sp³-hybridized carbons (Fsp3) is 0.308. The van der Waals surface area contributed by atoms with Gasteiger partial charge in [-0.2, -0.15) is 18.2 Å². The van der Waals surface area contributed by atoms with Gasteiger partial charge in [-0.05, 0) is 29.3 Å². The molecule has 5 rings (SSSR count). The molecule has 1 saturated heterocycles. The molecule has 0 bridgehead atoms. The highest BCUT2D eigenvalue weighted by Gasteiger charge is 2.35. The van der Waals surface area contributed by atoms with Crippen molar-refractivity contribution in [2.45, 2.75) is 32.0 Å². The van der Waals surface area contributed by atoms with Crippen molar-refractivity contribution in [1.82, 2.24) is 9.97 Å². The second kappa shape index (κ2) is 10.2. The first-order valence-electron chi connectivity index (χ1n) is 12.0. The van der Waals surface area contributed by atoms with E-state index in [9.17, 15) is 22.8 Å². The predicted octanol–water partition coefficient (Wildman–Crippen LogP) is 4.52. The minimum atomic E-state index is -4.67. The van der Waals surface area contributed by atoms with Gasteiger partial charge >= 0.3 is 6.18 Å². The molecule has 1 aromatic heterocycles. The summed E-state index contributed by atoms with van der Waals surface area (Å²) in [5.41, 5.74) is 2.43. The molecule has 3 heterocycles. The number of aromatic nitrogens is 2. The molecular formula is C26H25F3N6O3. The third-order valence-electron chi connectivity index (χ3n) is 6.54. The van der Waals surface area contributed by atoms with Gasteiger partial charge in [-0.1, -0.05) is 12.1 Å². The van der Waals surface area contributed by atoms with Crippen LogP contribution in [0.5, 0.6) is 5.75 Å². The largest absolute Gasteiger partial charge is 0.494 e. The van der Waals surface area contributed by atoms with Crippen LogP contribution in [0.1, 0.15) is 29.5 Å². The van der Waals surface area contributed by atoms with Gasteiger partial charge in [0.05, 0.1) is 19.2 Å². The maximum Gasteiger partial charge on any atom is 0.421 e. The van der Waals surface area contributed by atoms with Crippen molar-refractivity contribution < 1.29 is 27.5 Å². The number of hydrogen-bond donors (Lipinski definition) is 3. The summed E-state index contributed by atoms with van der Waals surface area (Å²) in [4.78, 5) is 33.4. The Morgan fingerprint density at radius 3 is 2.66 bits per heavy atom. The number of ether oxygens (including phenoxy) is 1. The molecule has 0 spiro atoms. The zero-order valence-corrected chi connectivity index (χ0v) is 20.5. The molecule has 38 heavy (non-hydrogen) atoms. The van der Waals surface area contributed by atoms with Crippen LogP contribution in [0.3, 0.4) is 0 Å². The fourth-order valence-electron chi connectivity index (χ4n) is 4.56. The van der Waals surface area contributed by atoms with E-state index in [4.69, 9.17) is 4.74 Å². The van der Waals surface area contributed by atoms with Crippen LogP contribution in [-0.2, 0) is 28.7 Å². The number of methoxy groups -OCH3 is 1. The van der Waals surface area contributed by atoms with Crippen LogP contribution in [0.25, 0.3) is 0 Å². The van der Waals surface area contributed by atoms with Gasteiger partial charge < -0.3 is 25.6 Å². The number of nitrogens with zero attached hydrogens (tertiary/aromatic N) is 3. The van der Waals surface area contributed by atoms with Crippen LogP contribution in [0.4, 0.5) is 42.0 Å². The van der Waals surface area contributed by atoms with Crippen LogP contribution in [0, 0.1) is 0 Å². The zero-order chi connectivity index (χ0) is 26.9. The van der Waals surface area contributed by atoms with Crippen molar-refractivity contribution >= 4 is 40.5 Å². The van der Waals surface area contributed by atoms with Crippen molar-refractivity contribution in [3.63, 3.8) is 0 Å². The summed E-state index contributed by atoms with van der Waals surface area (Å²) < 4.78 is 46.7. The molecule has 1 amide bonds. The number of benzene rings is 2.